The van der Waals surface area contributed by atoms with E-state index >= 15 is 0 Å². The van der Waals surface area contributed by atoms with Crippen LogP contribution in [0.25, 0.3) is 17.0 Å². The molecule has 32 heavy (non-hydrogen) atoms. The molecule has 2 aliphatic heterocycles. The number of piperidine rings is 2. The van der Waals surface area contributed by atoms with E-state index in [0.29, 0.717) is 12.6 Å². The van der Waals surface area contributed by atoms with Crippen LogP contribution in [0.5, 0.6) is 0 Å². The van der Waals surface area contributed by atoms with Crippen LogP contribution < -0.4 is 0 Å². The zero-order valence-electron chi connectivity index (χ0n) is 19.3. The highest BCUT2D eigenvalue weighted by Crippen LogP contribution is 2.35. The average Bonchev–Trinajstić information content (AvgIpc) is 3.38. The average molecular weight is 437 g/mol. The molecule has 170 valence electrons. The number of rotatable bonds is 4. The molecule has 0 radical (unpaired) electrons. The molecular formula is C24H32N6O2. The minimum absolute atomic E-state index is 0.237. The van der Waals surface area contributed by atoms with Gasteiger partial charge in [0.15, 0.2) is 11.4 Å². The first-order valence-corrected chi connectivity index (χ1v) is 11.8. The minimum atomic E-state index is 0.237. The Morgan fingerprint density at radius 2 is 2.00 bits per heavy atom. The predicted octanol–water partition coefficient (Wildman–Crippen LogP) is 3.58. The monoisotopic (exact) mass is 436 g/mol. The quantitative estimate of drug-likeness (QED) is 0.622. The van der Waals surface area contributed by atoms with Crippen molar-refractivity contribution in [2.45, 2.75) is 64.8 Å². The summed E-state index contributed by atoms with van der Waals surface area (Å²) < 4.78 is 7.58. The van der Waals surface area contributed by atoms with Crippen LogP contribution >= 0.6 is 0 Å². The normalized spacial score (nSPS) is 22.5. The molecular weight excluding hydrogens is 404 g/mol. The molecule has 2 unspecified atom stereocenters. The number of likely N-dealkylation sites (tertiary alicyclic amines) is 2. The number of carbonyl (C=O) groups is 1. The Bertz CT molecular complexity index is 1120. The first-order chi connectivity index (χ1) is 15.5. The topological polar surface area (TPSA) is 79.8 Å². The summed E-state index contributed by atoms with van der Waals surface area (Å²) >= 11 is 0. The SMILES string of the molecule is Cc1cc(-c2cnc3cc(C)nn3c2C2CCCN(CC(=O)N3CCCCC3C)C2)on1. The van der Waals surface area contributed by atoms with Crippen molar-refractivity contribution < 1.29 is 9.32 Å². The molecule has 3 aromatic heterocycles. The predicted molar refractivity (Wildman–Crippen MR) is 121 cm³/mol. The first-order valence-electron chi connectivity index (χ1n) is 11.8. The third-order valence-corrected chi connectivity index (χ3v) is 6.91. The van der Waals surface area contributed by atoms with Gasteiger partial charge in [-0.1, -0.05) is 5.16 Å². The van der Waals surface area contributed by atoms with Gasteiger partial charge in [0.25, 0.3) is 0 Å². The number of amides is 1. The summed E-state index contributed by atoms with van der Waals surface area (Å²) in [5, 5.41) is 8.83. The molecule has 2 aliphatic rings. The van der Waals surface area contributed by atoms with E-state index in [2.05, 4.69) is 26.9 Å². The second-order valence-corrected chi connectivity index (χ2v) is 9.45. The van der Waals surface area contributed by atoms with Crippen molar-refractivity contribution in [1.29, 1.82) is 0 Å². The lowest BCUT2D eigenvalue weighted by Gasteiger charge is -2.37. The number of aryl methyl sites for hydroxylation is 2. The van der Waals surface area contributed by atoms with E-state index in [1.165, 1.54) is 6.42 Å². The van der Waals surface area contributed by atoms with Crippen LogP contribution in [0.1, 0.15) is 62.0 Å². The van der Waals surface area contributed by atoms with Gasteiger partial charge in [-0.2, -0.15) is 5.10 Å². The fourth-order valence-electron chi connectivity index (χ4n) is 5.31. The van der Waals surface area contributed by atoms with Crippen LogP contribution in [0, 0.1) is 13.8 Å². The number of nitrogens with zero attached hydrogens (tertiary/aromatic N) is 6. The van der Waals surface area contributed by atoms with Gasteiger partial charge in [-0.15, -0.1) is 0 Å². The molecule has 0 aliphatic carbocycles. The zero-order valence-corrected chi connectivity index (χ0v) is 19.3. The van der Waals surface area contributed by atoms with Crippen molar-refractivity contribution in [2.24, 2.45) is 0 Å². The van der Waals surface area contributed by atoms with Crippen molar-refractivity contribution in [3.05, 3.63) is 35.4 Å². The third-order valence-electron chi connectivity index (χ3n) is 6.91. The molecule has 5 heterocycles. The maximum absolute atomic E-state index is 13.1. The fraction of sp³-hybridized carbons (Fsp3) is 0.583. The maximum atomic E-state index is 13.1. The molecule has 0 saturated carbocycles. The molecule has 0 spiro atoms. The number of hydrogen-bond acceptors (Lipinski definition) is 6. The van der Waals surface area contributed by atoms with Crippen molar-refractivity contribution in [1.82, 2.24) is 29.6 Å². The molecule has 2 saturated heterocycles. The van der Waals surface area contributed by atoms with E-state index in [9.17, 15) is 4.79 Å². The van der Waals surface area contributed by atoms with Crippen LogP contribution in [-0.2, 0) is 4.79 Å². The van der Waals surface area contributed by atoms with Crippen LogP contribution in [-0.4, -0.2) is 67.7 Å². The number of fused-ring (bicyclic) bond motifs is 1. The number of carbonyl (C=O) groups excluding carboxylic acids is 1. The van der Waals surface area contributed by atoms with E-state index in [1.54, 1.807) is 0 Å². The van der Waals surface area contributed by atoms with Gasteiger partial charge < -0.3 is 9.42 Å². The molecule has 0 bridgehead atoms. The lowest BCUT2D eigenvalue weighted by molar-refractivity contribution is -0.136. The Hall–Kier alpha value is -2.74. The summed E-state index contributed by atoms with van der Waals surface area (Å²) in [5.74, 6) is 1.22. The molecule has 0 aromatic carbocycles. The molecule has 5 rings (SSSR count). The highest BCUT2D eigenvalue weighted by molar-refractivity contribution is 5.78. The molecule has 8 heteroatoms. The van der Waals surface area contributed by atoms with E-state index in [0.717, 1.165) is 79.4 Å². The lowest BCUT2D eigenvalue weighted by atomic mass is 9.91. The Kier molecular flexibility index (Phi) is 5.71. The second-order valence-electron chi connectivity index (χ2n) is 9.45. The van der Waals surface area contributed by atoms with Gasteiger partial charge in [0.1, 0.15) is 0 Å². The van der Waals surface area contributed by atoms with Crippen molar-refractivity contribution in [2.75, 3.05) is 26.2 Å². The van der Waals surface area contributed by atoms with Gasteiger partial charge in [-0.3, -0.25) is 9.69 Å². The van der Waals surface area contributed by atoms with Crippen LogP contribution in [0.4, 0.5) is 0 Å². The summed E-state index contributed by atoms with van der Waals surface area (Å²) in [4.78, 5) is 22.1. The van der Waals surface area contributed by atoms with E-state index in [-0.39, 0.29) is 11.8 Å². The van der Waals surface area contributed by atoms with Gasteiger partial charge >= 0.3 is 0 Å². The molecule has 8 nitrogen and oxygen atoms in total. The maximum Gasteiger partial charge on any atom is 0.236 e. The van der Waals surface area contributed by atoms with E-state index in [4.69, 9.17) is 9.62 Å². The summed E-state index contributed by atoms with van der Waals surface area (Å²) in [6, 6.07) is 4.30. The molecule has 2 fully saturated rings. The van der Waals surface area contributed by atoms with Gasteiger partial charge in [-0.05, 0) is 59.4 Å². The standard InChI is InChI=1S/C24H32N6O2/c1-16-12-22-25-13-20(21-11-17(2)27-32-21)24(30(22)26-16)19-8-6-9-28(14-19)15-23(31)29-10-5-4-7-18(29)3/h11-13,18-19H,4-10,14-15H2,1-3H3. The first kappa shape index (κ1) is 21.1. The van der Waals surface area contributed by atoms with E-state index in [1.807, 2.05) is 36.7 Å². The number of aromatic nitrogens is 4. The molecule has 1 amide bonds. The van der Waals surface area contributed by atoms with Gasteiger partial charge in [0, 0.05) is 43.4 Å². The van der Waals surface area contributed by atoms with Gasteiger partial charge in [-0.25, -0.2) is 9.50 Å². The van der Waals surface area contributed by atoms with Crippen LogP contribution in [0.3, 0.4) is 0 Å². The zero-order chi connectivity index (χ0) is 22.2. The highest BCUT2D eigenvalue weighted by atomic mass is 16.5. The summed E-state index contributed by atoms with van der Waals surface area (Å²) in [6.07, 6.45) is 7.43. The Labute approximate surface area is 188 Å². The number of hydrogen-bond donors (Lipinski definition) is 0. The summed E-state index contributed by atoms with van der Waals surface area (Å²) in [5.41, 5.74) is 4.65. The minimum Gasteiger partial charge on any atom is -0.356 e. The lowest BCUT2D eigenvalue weighted by Crippen LogP contribution is -2.48. The van der Waals surface area contributed by atoms with Gasteiger partial charge in [0.2, 0.25) is 5.91 Å². The van der Waals surface area contributed by atoms with Crippen LogP contribution in [0.15, 0.2) is 22.9 Å². The van der Waals surface area contributed by atoms with Gasteiger partial charge in [0.05, 0.1) is 29.2 Å². The largest absolute Gasteiger partial charge is 0.356 e. The van der Waals surface area contributed by atoms with Crippen LogP contribution in [0.2, 0.25) is 0 Å². The molecule has 3 aromatic rings. The van der Waals surface area contributed by atoms with Crippen molar-refractivity contribution in [3.8, 4) is 11.3 Å². The Morgan fingerprint density at radius 1 is 1.12 bits per heavy atom. The fourth-order valence-corrected chi connectivity index (χ4v) is 5.31. The Morgan fingerprint density at radius 3 is 2.78 bits per heavy atom. The molecule has 0 N–H and O–H groups in total. The van der Waals surface area contributed by atoms with Crippen molar-refractivity contribution in [3.63, 3.8) is 0 Å². The summed E-state index contributed by atoms with van der Waals surface area (Å²) in [7, 11) is 0. The third kappa shape index (κ3) is 4.03. The molecule has 2 atom stereocenters. The summed E-state index contributed by atoms with van der Waals surface area (Å²) in [6.45, 7) is 9.25. The van der Waals surface area contributed by atoms with Crippen molar-refractivity contribution >= 4 is 11.6 Å². The second kappa shape index (κ2) is 8.65. The smallest absolute Gasteiger partial charge is 0.236 e. The van der Waals surface area contributed by atoms with E-state index < -0.39 is 0 Å². The Balaban J connectivity index is 1.43. The highest BCUT2D eigenvalue weighted by Gasteiger charge is 2.31.